The first-order valence-electron chi connectivity index (χ1n) is 4.57. The number of Topliss-reactive ketones (excluding diaryl/α,β-unsaturated/α-hetero) is 1. The average molecular weight is 239 g/mol. The lowest BCUT2D eigenvalue weighted by Crippen LogP contribution is -1.98. The summed E-state index contributed by atoms with van der Waals surface area (Å²) in [7, 11) is 0. The maximum atomic E-state index is 11.6. The van der Waals surface area contributed by atoms with Gasteiger partial charge in [-0.25, -0.2) is 0 Å². The van der Waals surface area contributed by atoms with Crippen LogP contribution in [0.15, 0.2) is 16.6 Å². The highest BCUT2D eigenvalue weighted by Crippen LogP contribution is 2.31. The van der Waals surface area contributed by atoms with Crippen LogP contribution < -0.4 is 0 Å². The Bertz CT molecular complexity index is 369. The molecule has 2 rings (SSSR count). The second kappa shape index (κ2) is 3.26. The van der Waals surface area contributed by atoms with Crippen LogP contribution in [0, 0.1) is 0 Å². The molecule has 0 unspecified atom stereocenters. The number of halogens is 1. The number of fused-ring (bicyclic) bond motifs is 1. The monoisotopic (exact) mass is 238 g/mol. The van der Waals surface area contributed by atoms with Crippen molar-refractivity contribution in [2.45, 2.75) is 26.2 Å². The summed E-state index contributed by atoms with van der Waals surface area (Å²) in [6.45, 7) is 2.09. The van der Waals surface area contributed by atoms with Gasteiger partial charge in [-0.3, -0.25) is 4.79 Å². The van der Waals surface area contributed by atoms with Gasteiger partial charge in [0.15, 0.2) is 5.78 Å². The Balaban J connectivity index is 2.66. The Kier molecular flexibility index (Phi) is 2.24. The van der Waals surface area contributed by atoms with E-state index < -0.39 is 0 Å². The Labute approximate surface area is 86.3 Å². The van der Waals surface area contributed by atoms with Crippen molar-refractivity contribution in [3.63, 3.8) is 0 Å². The van der Waals surface area contributed by atoms with E-state index in [0.29, 0.717) is 12.2 Å². The van der Waals surface area contributed by atoms with Gasteiger partial charge in [0, 0.05) is 16.5 Å². The van der Waals surface area contributed by atoms with Crippen molar-refractivity contribution in [3.8, 4) is 0 Å². The van der Waals surface area contributed by atoms with Gasteiger partial charge in [0.25, 0.3) is 0 Å². The molecule has 0 N–H and O–H groups in total. The highest BCUT2D eigenvalue weighted by atomic mass is 79.9. The molecule has 0 saturated heterocycles. The topological polar surface area (TPSA) is 17.1 Å². The van der Waals surface area contributed by atoms with Crippen molar-refractivity contribution < 1.29 is 4.79 Å². The Hall–Kier alpha value is -0.630. The number of carbonyl (C=O) groups excluding carboxylic acids is 1. The molecule has 0 radical (unpaired) electrons. The molecule has 0 fully saturated rings. The van der Waals surface area contributed by atoms with E-state index in [4.69, 9.17) is 0 Å². The normalized spacial score (nSPS) is 14.8. The van der Waals surface area contributed by atoms with Gasteiger partial charge in [-0.1, -0.05) is 28.9 Å². The van der Waals surface area contributed by atoms with E-state index in [2.05, 4.69) is 28.9 Å². The van der Waals surface area contributed by atoms with Crippen molar-refractivity contribution in [1.82, 2.24) is 0 Å². The molecule has 1 aromatic carbocycles. The fourth-order valence-corrected chi connectivity index (χ4v) is 2.45. The average Bonchev–Trinajstić information content (AvgIpc) is 2.51. The van der Waals surface area contributed by atoms with Crippen LogP contribution in [-0.2, 0) is 12.8 Å². The molecular formula is C11H11BrO. The van der Waals surface area contributed by atoms with Crippen LogP contribution in [0.4, 0.5) is 0 Å². The van der Waals surface area contributed by atoms with Crippen LogP contribution >= 0.6 is 15.9 Å². The molecule has 2 heteroatoms. The quantitative estimate of drug-likeness (QED) is 0.735. The number of rotatable bonds is 1. The van der Waals surface area contributed by atoms with Crippen LogP contribution in [0.1, 0.15) is 34.8 Å². The smallest absolute Gasteiger partial charge is 0.163 e. The molecule has 0 spiro atoms. The summed E-state index contributed by atoms with van der Waals surface area (Å²) in [5, 5.41) is 0. The molecule has 0 aliphatic heterocycles. The minimum absolute atomic E-state index is 0.313. The molecule has 0 amide bonds. The van der Waals surface area contributed by atoms with Crippen molar-refractivity contribution in [2.24, 2.45) is 0 Å². The van der Waals surface area contributed by atoms with Gasteiger partial charge in [0.05, 0.1) is 0 Å². The third-order valence-corrected chi connectivity index (χ3v) is 3.35. The molecule has 0 atom stereocenters. The van der Waals surface area contributed by atoms with E-state index in [1.54, 1.807) is 0 Å². The molecule has 1 aliphatic carbocycles. The van der Waals surface area contributed by atoms with E-state index in [9.17, 15) is 4.79 Å². The van der Waals surface area contributed by atoms with Gasteiger partial charge >= 0.3 is 0 Å². The van der Waals surface area contributed by atoms with E-state index in [1.165, 1.54) is 11.1 Å². The first-order chi connectivity index (χ1) is 6.24. The van der Waals surface area contributed by atoms with Gasteiger partial charge < -0.3 is 0 Å². The summed E-state index contributed by atoms with van der Waals surface area (Å²) in [5.41, 5.74) is 3.39. The first kappa shape index (κ1) is 8.95. The van der Waals surface area contributed by atoms with Gasteiger partial charge in [0.2, 0.25) is 0 Å². The highest BCUT2D eigenvalue weighted by Gasteiger charge is 2.23. The van der Waals surface area contributed by atoms with Gasteiger partial charge in [-0.2, -0.15) is 0 Å². The van der Waals surface area contributed by atoms with Gasteiger partial charge in [0.1, 0.15) is 0 Å². The number of hydrogen-bond acceptors (Lipinski definition) is 1. The molecule has 1 aromatic rings. The maximum absolute atomic E-state index is 11.6. The number of carbonyl (C=O) groups is 1. The molecular weight excluding hydrogens is 228 g/mol. The van der Waals surface area contributed by atoms with E-state index in [1.807, 2.05) is 6.07 Å². The minimum atomic E-state index is 0.313. The molecule has 68 valence electrons. The zero-order chi connectivity index (χ0) is 9.42. The molecule has 13 heavy (non-hydrogen) atoms. The SMILES string of the molecule is CCc1ccc(Br)c2c1C(=O)CC2. The Morgan fingerprint density at radius 3 is 2.85 bits per heavy atom. The number of aryl methyl sites for hydroxylation is 1. The van der Waals surface area contributed by atoms with Crippen LogP contribution in [-0.4, -0.2) is 5.78 Å². The summed E-state index contributed by atoms with van der Waals surface area (Å²) in [5.74, 6) is 0.313. The zero-order valence-electron chi connectivity index (χ0n) is 7.56. The van der Waals surface area contributed by atoms with Crippen molar-refractivity contribution in [1.29, 1.82) is 0 Å². The van der Waals surface area contributed by atoms with Crippen LogP contribution in [0.5, 0.6) is 0 Å². The molecule has 0 aromatic heterocycles. The first-order valence-corrected chi connectivity index (χ1v) is 5.36. The Morgan fingerprint density at radius 1 is 1.38 bits per heavy atom. The fourth-order valence-electron chi connectivity index (χ4n) is 1.92. The van der Waals surface area contributed by atoms with E-state index >= 15 is 0 Å². The van der Waals surface area contributed by atoms with Crippen molar-refractivity contribution in [3.05, 3.63) is 33.3 Å². The molecule has 0 saturated carbocycles. The summed E-state index contributed by atoms with van der Waals surface area (Å²) >= 11 is 3.49. The van der Waals surface area contributed by atoms with Crippen molar-refractivity contribution >= 4 is 21.7 Å². The zero-order valence-corrected chi connectivity index (χ0v) is 9.15. The number of hydrogen-bond donors (Lipinski definition) is 0. The van der Waals surface area contributed by atoms with Gasteiger partial charge in [-0.05, 0) is 30.0 Å². The summed E-state index contributed by atoms with van der Waals surface area (Å²) < 4.78 is 1.09. The lowest BCUT2D eigenvalue weighted by Gasteiger charge is -2.06. The predicted octanol–water partition coefficient (Wildman–Crippen LogP) is 3.14. The molecule has 0 bridgehead atoms. The maximum Gasteiger partial charge on any atom is 0.163 e. The van der Waals surface area contributed by atoms with E-state index in [-0.39, 0.29) is 0 Å². The van der Waals surface area contributed by atoms with Crippen LogP contribution in [0.2, 0.25) is 0 Å². The fraction of sp³-hybridized carbons (Fsp3) is 0.364. The summed E-state index contributed by atoms with van der Waals surface area (Å²) in [6, 6.07) is 4.10. The highest BCUT2D eigenvalue weighted by molar-refractivity contribution is 9.10. The van der Waals surface area contributed by atoms with E-state index in [0.717, 1.165) is 22.9 Å². The van der Waals surface area contributed by atoms with Crippen LogP contribution in [0.25, 0.3) is 0 Å². The summed E-state index contributed by atoms with van der Waals surface area (Å²) in [6.07, 6.45) is 2.54. The summed E-state index contributed by atoms with van der Waals surface area (Å²) in [4.78, 5) is 11.6. The minimum Gasteiger partial charge on any atom is -0.294 e. The van der Waals surface area contributed by atoms with Gasteiger partial charge in [-0.15, -0.1) is 0 Å². The molecule has 0 heterocycles. The lowest BCUT2D eigenvalue weighted by molar-refractivity contribution is 0.0994. The largest absolute Gasteiger partial charge is 0.294 e. The second-order valence-electron chi connectivity index (χ2n) is 3.34. The third-order valence-electron chi connectivity index (χ3n) is 2.60. The third kappa shape index (κ3) is 1.33. The number of benzene rings is 1. The molecule has 1 aliphatic rings. The standard InChI is InChI=1S/C11H11BrO/c1-2-7-3-5-9(12)8-4-6-10(13)11(7)8/h3,5H,2,4,6H2,1H3. The predicted molar refractivity (Wildman–Crippen MR) is 56.2 cm³/mol. The number of ketones is 1. The molecule has 1 nitrogen and oxygen atoms in total. The lowest BCUT2D eigenvalue weighted by atomic mass is 10.0. The van der Waals surface area contributed by atoms with Crippen LogP contribution in [0.3, 0.4) is 0 Å². The second-order valence-corrected chi connectivity index (χ2v) is 4.19. The van der Waals surface area contributed by atoms with Crippen molar-refractivity contribution in [2.75, 3.05) is 0 Å². The Morgan fingerprint density at radius 2 is 2.15 bits per heavy atom.